The van der Waals surface area contributed by atoms with Crippen LogP contribution in [0.25, 0.3) is 0 Å². The van der Waals surface area contributed by atoms with Crippen LogP contribution in [0.2, 0.25) is 0 Å². The molecule has 2 atom stereocenters. The molecule has 0 saturated heterocycles. The third-order valence-electron chi connectivity index (χ3n) is 9.84. The third-order valence-corrected chi connectivity index (χ3v) is 10.8. The molecule has 9 nitrogen and oxygen atoms in total. The molecule has 2 unspecified atom stereocenters. The summed E-state index contributed by atoms with van der Waals surface area (Å²) in [5.41, 5.74) is 0. The summed E-state index contributed by atoms with van der Waals surface area (Å²) in [6, 6.07) is 0. The van der Waals surface area contributed by atoms with Gasteiger partial charge in [0.05, 0.1) is 13.2 Å². The van der Waals surface area contributed by atoms with E-state index in [1.165, 1.54) is 116 Å². The zero-order chi connectivity index (χ0) is 43.3. The first kappa shape index (κ1) is 56.7. The Morgan fingerprint density at radius 2 is 0.949 bits per heavy atom. The van der Waals surface area contributed by atoms with Crippen molar-refractivity contribution in [2.45, 2.75) is 200 Å². The van der Waals surface area contributed by atoms with Gasteiger partial charge in [0.25, 0.3) is 0 Å². The molecule has 0 aliphatic rings. The fraction of sp³-hybridized carbons (Fsp3) is 0.755. The average Bonchev–Trinajstić information content (AvgIpc) is 3.20. The molecule has 0 aromatic carbocycles. The van der Waals surface area contributed by atoms with Gasteiger partial charge in [-0.25, -0.2) is 4.57 Å². The maximum Gasteiger partial charge on any atom is 0.472 e. The molecular formula is C49H88NO8P. The number of rotatable bonds is 43. The smallest absolute Gasteiger partial charge is 0.462 e. The van der Waals surface area contributed by atoms with Crippen LogP contribution in [0, 0.1) is 0 Å². The van der Waals surface area contributed by atoms with Crippen molar-refractivity contribution in [3.63, 3.8) is 0 Å². The highest BCUT2D eigenvalue weighted by atomic mass is 31.2. The second-order valence-electron chi connectivity index (χ2n) is 15.9. The number of likely N-dealkylation sites (N-methyl/N-ethyl adjacent to an activating group) is 1. The van der Waals surface area contributed by atoms with Crippen LogP contribution < -0.4 is 0 Å². The number of hydrogen-bond donors (Lipinski definition) is 1. The Hall–Kier alpha value is -2.29. The predicted molar refractivity (Wildman–Crippen MR) is 247 cm³/mol. The Balaban J connectivity index is 4.36. The standard InChI is InChI=1S/C49H88NO8P/c1-5-7-9-11-13-15-17-19-21-23-24-26-27-29-31-33-35-37-39-41-48(51)55-45-47(46-57-59(53,54)56-44-43-50(3)4)58-49(52)42-40-38-36-34-32-30-28-25-22-20-18-16-14-12-10-8-6-2/h13,15,19,21,24,26,29,31,35,37,47H,5-12,14,16-18,20,22-23,25,27-28,30,32-34,36,38-46H2,1-4H3,(H,53,54)/b15-13-,21-19-,26-24-,31-29-,37-35-. The lowest BCUT2D eigenvalue weighted by Crippen LogP contribution is -2.29. The molecule has 0 amide bonds. The van der Waals surface area contributed by atoms with Gasteiger partial charge in [-0.05, 0) is 65.5 Å². The summed E-state index contributed by atoms with van der Waals surface area (Å²) in [4.78, 5) is 37.1. The number of carbonyl (C=O) groups excluding carboxylic acids is 2. The molecule has 0 saturated carbocycles. The fourth-order valence-electron chi connectivity index (χ4n) is 6.20. The average molecular weight is 850 g/mol. The molecular weight excluding hydrogens is 762 g/mol. The highest BCUT2D eigenvalue weighted by Crippen LogP contribution is 2.43. The minimum Gasteiger partial charge on any atom is -0.462 e. The van der Waals surface area contributed by atoms with E-state index in [2.05, 4.69) is 62.5 Å². The van der Waals surface area contributed by atoms with Crippen molar-refractivity contribution in [2.24, 2.45) is 0 Å². The minimum atomic E-state index is -4.38. The SMILES string of the molecule is CCCCC/C=C\C/C=C\C/C=C\C/C=C\C/C=C\CCC(=O)OCC(COP(=O)(O)OCCN(C)C)OC(=O)CCCCCCCCCCCCCCCCCCC. The van der Waals surface area contributed by atoms with E-state index in [1.54, 1.807) is 0 Å². The van der Waals surface area contributed by atoms with Crippen LogP contribution >= 0.6 is 7.82 Å². The minimum absolute atomic E-state index is 0.00451. The van der Waals surface area contributed by atoms with Crippen LogP contribution in [-0.2, 0) is 32.7 Å². The fourth-order valence-corrected chi connectivity index (χ4v) is 6.94. The van der Waals surface area contributed by atoms with E-state index < -0.39 is 32.5 Å². The molecule has 0 aromatic rings. The lowest BCUT2D eigenvalue weighted by molar-refractivity contribution is -0.161. The summed E-state index contributed by atoms with van der Waals surface area (Å²) in [5.74, 6) is -0.896. The maximum absolute atomic E-state index is 12.7. The number of ether oxygens (including phenoxy) is 2. The van der Waals surface area contributed by atoms with Crippen molar-refractivity contribution in [3.8, 4) is 0 Å². The van der Waals surface area contributed by atoms with Gasteiger partial charge in [-0.2, -0.15) is 0 Å². The highest BCUT2D eigenvalue weighted by molar-refractivity contribution is 7.47. The molecule has 0 aliphatic heterocycles. The normalized spacial score (nSPS) is 13.9. The summed E-state index contributed by atoms with van der Waals surface area (Å²) < 4.78 is 33.5. The molecule has 0 bridgehead atoms. The summed E-state index contributed by atoms with van der Waals surface area (Å²) >= 11 is 0. The van der Waals surface area contributed by atoms with E-state index in [1.807, 2.05) is 31.1 Å². The Morgan fingerprint density at radius 1 is 0.525 bits per heavy atom. The quantitative estimate of drug-likeness (QED) is 0.0277. The number of allylic oxidation sites excluding steroid dienone is 10. The van der Waals surface area contributed by atoms with Crippen LogP contribution in [0.1, 0.15) is 194 Å². The first-order valence-electron chi connectivity index (χ1n) is 23.6. The monoisotopic (exact) mass is 850 g/mol. The summed E-state index contributed by atoms with van der Waals surface area (Å²) in [6.45, 7) is 4.22. The van der Waals surface area contributed by atoms with Crippen LogP contribution in [-0.4, -0.2) is 68.3 Å². The molecule has 0 spiro atoms. The number of esters is 2. The Bertz CT molecular complexity index is 1160. The van der Waals surface area contributed by atoms with E-state index in [4.69, 9.17) is 18.5 Å². The Labute approximate surface area is 362 Å². The van der Waals surface area contributed by atoms with E-state index in [0.29, 0.717) is 19.4 Å². The predicted octanol–water partition coefficient (Wildman–Crippen LogP) is 13.9. The van der Waals surface area contributed by atoms with Gasteiger partial charge in [0.2, 0.25) is 0 Å². The molecule has 0 aliphatic carbocycles. The van der Waals surface area contributed by atoms with Crippen molar-refractivity contribution in [2.75, 3.05) is 40.5 Å². The Morgan fingerprint density at radius 3 is 1.42 bits per heavy atom. The lowest BCUT2D eigenvalue weighted by atomic mass is 10.0. The molecule has 342 valence electrons. The number of phosphoric ester groups is 1. The maximum atomic E-state index is 12.7. The number of nitrogens with zero attached hydrogens (tertiary/aromatic N) is 1. The van der Waals surface area contributed by atoms with Crippen molar-refractivity contribution < 1.29 is 37.6 Å². The first-order chi connectivity index (χ1) is 28.7. The summed E-state index contributed by atoms with van der Waals surface area (Å²) in [7, 11) is -0.743. The molecule has 0 aromatic heterocycles. The van der Waals surface area contributed by atoms with Crippen molar-refractivity contribution in [1.82, 2.24) is 4.90 Å². The number of phosphoric acid groups is 1. The topological polar surface area (TPSA) is 112 Å². The number of carbonyl (C=O) groups is 2. The number of unbranched alkanes of at least 4 members (excludes halogenated alkanes) is 19. The van der Waals surface area contributed by atoms with Crippen LogP contribution in [0.4, 0.5) is 0 Å². The molecule has 59 heavy (non-hydrogen) atoms. The summed E-state index contributed by atoms with van der Waals surface area (Å²) in [6.07, 6.45) is 51.4. The van der Waals surface area contributed by atoms with Gasteiger partial charge in [-0.3, -0.25) is 18.6 Å². The molecule has 0 radical (unpaired) electrons. The second-order valence-corrected chi connectivity index (χ2v) is 17.4. The second kappa shape index (κ2) is 43.8. The first-order valence-corrected chi connectivity index (χ1v) is 25.1. The van der Waals surface area contributed by atoms with Gasteiger partial charge in [0.15, 0.2) is 6.10 Å². The molecule has 1 N–H and O–H groups in total. The van der Waals surface area contributed by atoms with E-state index >= 15 is 0 Å². The Kier molecular flexibility index (Phi) is 42.1. The van der Waals surface area contributed by atoms with Gasteiger partial charge < -0.3 is 19.3 Å². The van der Waals surface area contributed by atoms with Crippen molar-refractivity contribution in [3.05, 3.63) is 60.8 Å². The molecule has 10 heteroatoms. The van der Waals surface area contributed by atoms with E-state index in [-0.39, 0.29) is 26.1 Å². The number of hydrogen-bond acceptors (Lipinski definition) is 8. The van der Waals surface area contributed by atoms with E-state index in [0.717, 1.165) is 38.5 Å². The van der Waals surface area contributed by atoms with Gasteiger partial charge in [-0.15, -0.1) is 0 Å². The zero-order valence-electron chi connectivity index (χ0n) is 38.2. The van der Waals surface area contributed by atoms with Crippen molar-refractivity contribution in [1.29, 1.82) is 0 Å². The van der Waals surface area contributed by atoms with E-state index in [9.17, 15) is 19.0 Å². The van der Waals surface area contributed by atoms with Gasteiger partial charge in [0, 0.05) is 19.4 Å². The van der Waals surface area contributed by atoms with Crippen LogP contribution in [0.15, 0.2) is 60.8 Å². The highest BCUT2D eigenvalue weighted by Gasteiger charge is 2.26. The van der Waals surface area contributed by atoms with Crippen molar-refractivity contribution >= 4 is 19.8 Å². The van der Waals surface area contributed by atoms with Gasteiger partial charge in [0.1, 0.15) is 6.61 Å². The molecule has 0 fully saturated rings. The van der Waals surface area contributed by atoms with Crippen LogP contribution in [0.3, 0.4) is 0 Å². The van der Waals surface area contributed by atoms with Gasteiger partial charge >= 0.3 is 19.8 Å². The lowest BCUT2D eigenvalue weighted by Gasteiger charge is -2.20. The summed E-state index contributed by atoms with van der Waals surface area (Å²) in [5, 5.41) is 0. The largest absolute Gasteiger partial charge is 0.472 e. The molecule has 0 heterocycles. The van der Waals surface area contributed by atoms with Crippen LogP contribution in [0.5, 0.6) is 0 Å². The van der Waals surface area contributed by atoms with Gasteiger partial charge in [-0.1, -0.05) is 190 Å². The molecule has 0 rings (SSSR count). The zero-order valence-corrected chi connectivity index (χ0v) is 39.1. The third kappa shape index (κ3) is 45.1.